The van der Waals surface area contributed by atoms with Crippen LogP contribution in [-0.4, -0.2) is 28.9 Å². The lowest BCUT2D eigenvalue weighted by Gasteiger charge is -2.20. The second kappa shape index (κ2) is 8.11. The van der Waals surface area contributed by atoms with Gasteiger partial charge in [0, 0.05) is 18.8 Å². The highest BCUT2D eigenvalue weighted by atomic mass is 16.2. The van der Waals surface area contributed by atoms with Gasteiger partial charge >= 0.3 is 0 Å². The molecule has 4 nitrogen and oxygen atoms in total. The van der Waals surface area contributed by atoms with Crippen LogP contribution in [-0.2, 0) is 0 Å². The van der Waals surface area contributed by atoms with Gasteiger partial charge in [0.1, 0.15) is 5.56 Å². The summed E-state index contributed by atoms with van der Waals surface area (Å²) in [6.07, 6.45) is 5.52. The first-order valence-electron chi connectivity index (χ1n) is 7.85. The van der Waals surface area contributed by atoms with Gasteiger partial charge in [-0.15, -0.1) is 6.58 Å². The first-order valence-corrected chi connectivity index (χ1v) is 7.85. The molecule has 0 saturated heterocycles. The van der Waals surface area contributed by atoms with Crippen molar-refractivity contribution in [1.82, 2.24) is 9.88 Å². The third-order valence-electron chi connectivity index (χ3n) is 3.65. The van der Waals surface area contributed by atoms with Gasteiger partial charge in [0.05, 0.1) is 0 Å². The van der Waals surface area contributed by atoms with Gasteiger partial charge in [-0.05, 0) is 31.0 Å². The SMILES string of the molecule is C=CCN(C/C=C/c1ccccc1)C(=O)c1c(C)cc(C)[nH]c1=O. The summed E-state index contributed by atoms with van der Waals surface area (Å²) >= 11 is 0. The first kappa shape index (κ1) is 17.5. The Morgan fingerprint density at radius 1 is 1.21 bits per heavy atom. The number of carbonyl (C=O) groups is 1. The number of rotatable bonds is 6. The summed E-state index contributed by atoms with van der Waals surface area (Å²) < 4.78 is 0. The third kappa shape index (κ3) is 4.32. The van der Waals surface area contributed by atoms with Gasteiger partial charge in [-0.25, -0.2) is 0 Å². The number of H-pyrrole nitrogens is 1. The largest absolute Gasteiger partial charge is 0.331 e. The number of amides is 1. The maximum absolute atomic E-state index is 12.8. The number of aryl methyl sites for hydroxylation is 2. The first-order chi connectivity index (χ1) is 11.5. The zero-order valence-corrected chi connectivity index (χ0v) is 14.1. The fourth-order valence-corrected chi connectivity index (χ4v) is 2.55. The Labute approximate surface area is 142 Å². The molecule has 24 heavy (non-hydrogen) atoms. The molecule has 0 radical (unpaired) electrons. The van der Waals surface area contributed by atoms with Crippen molar-refractivity contribution in [3.8, 4) is 0 Å². The van der Waals surface area contributed by atoms with Crippen molar-refractivity contribution in [2.45, 2.75) is 13.8 Å². The number of aromatic amines is 1. The van der Waals surface area contributed by atoms with Crippen molar-refractivity contribution >= 4 is 12.0 Å². The molecule has 2 aromatic rings. The Morgan fingerprint density at radius 2 is 1.92 bits per heavy atom. The molecule has 1 amide bonds. The molecule has 0 unspecified atom stereocenters. The van der Waals surface area contributed by atoms with E-state index in [0.717, 1.165) is 11.3 Å². The quantitative estimate of drug-likeness (QED) is 0.829. The highest BCUT2D eigenvalue weighted by Gasteiger charge is 2.19. The minimum Gasteiger partial charge on any atom is -0.331 e. The average molecular weight is 322 g/mol. The molecular formula is C20H22N2O2. The number of nitrogens with one attached hydrogen (secondary N) is 1. The molecule has 0 saturated carbocycles. The van der Waals surface area contributed by atoms with E-state index in [1.54, 1.807) is 30.9 Å². The van der Waals surface area contributed by atoms with Crippen LogP contribution in [0.3, 0.4) is 0 Å². The lowest BCUT2D eigenvalue weighted by atomic mass is 10.1. The van der Waals surface area contributed by atoms with Crippen molar-refractivity contribution in [2.24, 2.45) is 0 Å². The predicted molar refractivity (Wildman–Crippen MR) is 98.1 cm³/mol. The Bertz CT molecular complexity index is 804. The summed E-state index contributed by atoms with van der Waals surface area (Å²) in [5.74, 6) is -0.286. The average Bonchev–Trinajstić information content (AvgIpc) is 2.54. The molecule has 4 heteroatoms. The van der Waals surface area contributed by atoms with Crippen molar-refractivity contribution in [1.29, 1.82) is 0 Å². The second-order valence-corrected chi connectivity index (χ2v) is 5.65. The van der Waals surface area contributed by atoms with Crippen molar-refractivity contribution in [2.75, 3.05) is 13.1 Å². The third-order valence-corrected chi connectivity index (χ3v) is 3.65. The maximum Gasteiger partial charge on any atom is 0.261 e. The van der Waals surface area contributed by atoms with Crippen LogP contribution in [0, 0.1) is 13.8 Å². The molecule has 1 N–H and O–H groups in total. The van der Waals surface area contributed by atoms with Crippen LogP contribution in [0.1, 0.15) is 27.2 Å². The van der Waals surface area contributed by atoms with E-state index in [-0.39, 0.29) is 17.0 Å². The smallest absolute Gasteiger partial charge is 0.261 e. The van der Waals surface area contributed by atoms with Gasteiger partial charge in [0.15, 0.2) is 0 Å². The highest BCUT2D eigenvalue weighted by molar-refractivity contribution is 5.95. The minimum atomic E-state index is -0.349. The molecule has 1 aromatic carbocycles. The van der Waals surface area contributed by atoms with Gasteiger partial charge in [0.2, 0.25) is 0 Å². The zero-order chi connectivity index (χ0) is 17.5. The Hall–Kier alpha value is -2.88. The van der Waals surface area contributed by atoms with E-state index in [1.807, 2.05) is 42.5 Å². The summed E-state index contributed by atoms with van der Waals surface area (Å²) in [4.78, 5) is 29.2. The lowest BCUT2D eigenvalue weighted by Crippen LogP contribution is -2.36. The molecule has 0 fully saturated rings. The van der Waals surface area contributed by atoms with E-state index < -0.39 is 0 Å². The zero-order valence-electron chi connectivity index (χ0n) is 14.1. The normalized spacial score (nSPS) is 10.8. The molecule has 1 aromatic heterocycles. The number of hydrogen-bond donors (Lipinski definition) is 1. The molecule has 0 aliphatic rings. The number of pyridine rings is 1. The number of benzene rings is 1. The lowest BCUT2D eigenvalue weighted by molar-refractivity contribution is 0.0788. The fraction of sp³-hybridized carbons (Fsp3) is 0.200. The summed E-state index contributed by atoms with van der Waals surface area (Å²) in [5.41, 5.74) is 2.33. The van der Waals surface area contributed by atoms with Crippen LogP contribution in [0.25, 0.3) is 6.08 Å². The van der Waals surface area contributed by atoms with Crippen LogP contribution in [0.15, 0.2) is 59.9 Å². The number of aromatic nitrogens is 1. The van der Waals surface area contributed by atoms with Crippen LogP contribution >= 0.6 is 0 Å². The van der Waals surface area contributed by atoms with Crippen molar-refractivity contribution in [3.63, 3.8) is 0 Å². The molecule has 0 atom stereocenters. The molecule has 0 spiro atoms. The maximum atomic E-state index is 12.8. The molecule has 1 heterocycles. The predicted octanol–water partition coefficient (Wildman–Crippen LogP) is 3.33. The second-order valence-electron chi connectivity index (χ2n) is 5.65. The van der Waals surface area contributed by atoms with Crippen LogP contribution in [0.5, 0.6) is 0 Å². The van der Waals surface area contributed by atoms with Crippen LogP contribution in [0.2, 0.25) is 0 Å². The Morgan fingerprint density at radius 3 is 2.54 bits per heavy atom. The Balaban J connectivity index is 2.21. The Kier molecular flexibility index (Phi) is 5.90. The number of nitrogens with zero attached hydrogens (tertiary/aromatic N) is 1. The van der Waals surface area contributed by atoms with E-state index in [1.165, 1.54) is 0 Å². The van der Waals surface area contributed by atoms with E-state index in [4.69, 9.17) is 0 Å². The molecule has 2 rings (SSSR count). The van der Waals surface area contributed by atoms with Gasteiger partial charge in [-0.2, -0.15) is 0 Å². The molecule has 0 aliphatic carbocycles. The topological polar surface area (TPSA) is 53.2 Å². The van der Waals surface area contributed by atoms with E-state index in [9.17, 15) is 9.59 Å². The van der Waals surface area contributed by atoms with Gasteiger partial charge in [-0.1, -0.05) is 48.6 Å². The number of hydrogen-bond acceptors (Lipinski definition) is 2. The van der Waals surface area contributed by atoms with Crippen molar-refractivity contribution in [3.05, 3.63) is 87.9 Å². The van der Waals surface area contributed by atoms with Gasteiger partial charge in [-0.3, -0.25) is 9.59 Å². The van der Waals surface area contributed by atoms with Gasteiger partial charge < -0.3 is 9.88 Å². The van der Waals surface area contributed by atoms with Crippen molar-refractivity contribution < 1.29 is 4.79 Å². The highest BCUT2D eigenvalue weighted by Crippen LogP contribution is 2.09. The minimum absolute atomic E-state index is 0.190. The monoisotopic (exact) mass is 322 g/mol. The molecule has 0 bridgehead atoms. The van der Waals surface area contributed by atoms with E-state index in [2.05, 4.69) is 11.6 Å². The summed E-state index contributed by atoms with van der Waals surface area (Å²) in [5, 5.41) is 0. The molecule has 0 aliphatic heterocycles. The van der Waals surface area contributed by atoms with E-state index in [0.29, 0.717) is 18.7 Å². The van der Waals surface area contributed by atoms with Gasteiger partial charge in [0.25, 0.3) is 11.5 Å². The summed E-state index contributed by atoms with van der Waals surface area (Å²) in [7, 11) is 0. The fourth-order valence-electron chi connectivity index (χ4n) is 2.55. The summed E-state index contributed by atoms with van der Waals surface area (Å²) in [6, 6.07) is 11.7. The standard InChI is InChI=1S/C20H22N2O2/c1-4-12-22(13-8-11-17-9-6-5-7-10-17)20(24)18-15(2)14-16(3)21-19(18)23/h4-11,14H,1,12-13H2,2-3H3,(H,21,23)/b11-8+. The van der Waals surface area contributed by atoms with Crippen LogP contribution < -0.4 is 5.56 Å². The molecule has 124 valence electrons. The number of carbonyl (C=O) groups excluding carboxylic acids is 1. The van der Waals surface area contributed by atoms with Crippen LogP contribution in [0.4, 0.5) is 0 Å². The summed E-state index contributed by atoms with van der Waals surface area (Å²) in [6.45, 7) is 8.06. The molecular weight excluding hydrogens is 300 g/mol. The van der Waals surface area contributed by atoms with E-state index >= 15 is 0 Å².